The van der Waals surface area contributed by atoms with E-state index in [9.17, 15) is 18.8 Å². The lowest BCUT2D eigenvalue weighted by atomic mass is 10.1. The Kier molecular flexibility index (Phi) is 6.91. The van der Waals surface area contributed by atoms with Crippen LogP contribution in [0, 0.1) is 5.82 Å². The molecule has 1 atom stereocenters. The van der Waals surface area contributed by atoms with Crippen molar-refractivity contribution in [2.75, 3.05) is 18.0 Å². The fraction of sp³-hybridized carbons (Fsp3) is 0.296. The number of amides is 3. The summed E-state index contributed by atoms with van der Waals surface area (Å²) in [7, 11) is 0. The van der Waals surface area contributed by atoms with Gasteiger partial charge < -0.3 is 10.2 Å². The third-order valence-corrected chi connectivity index (χ3v) is 6.24. The molecule has 34 heavy (non-hydrogen) atoms. The molecule has 0 aliphatic carbocycles. The number of carbonyl (C=O) groups is 3. The maximum atomic E-state index is 14.4. The summed E-state index contributed by atoms with van der Waals surface area (Å²) in [5.41, 5.74) is 1.52. The minimum atomic E-state index is -0.833. The number of nitrogens with one attached hydrogen (secondary N) is 1. The van der Waals surface area contributed by atoms with E-state index in [0.29, 0.717) is 23.4 Å². The number of anilines is 1. The summed E-state index contributed by atoms with van der Waals surface area (Å²) in [6.45, 7) is 3.83. The lowest BCUT2D eigenvalue weighted by molar-refractivity contribution is -0.139. The zero-order valence-electron chi connectivity index (χ0n) is 19.4. The zero-order chi connectivity index (χ0) is 24.2. The Bertz CT molecular complexity index is 1240. The molecule has 1 aliphatic heterocycles. The van der Waals surface area contributed by atoms with E-state index in [4.69, 9.17) is 0 Å². The van der Waals surface area contributed by atoms with Gasteiger partial charge >= 0.3 is 0 Å². The molecule has 0 saturated carbocycles. The van der Waals surface area contributed by atoms with Crippen molar-refractivity contribution in [3.63, 3.8) is 0 Å². The van der Waals surface area contributed by atoms with Crippen LogP contribution in [0.4, 0.5) is 10.1 Å². The van der Waals surface area contributed by atoms with Crippen LogP contribution in [-0.4, -0.2) is 41.8 Å². The van der Waals surface area contributed by atoms with Gasteiger partial charge in [-0.2, -0.15) is 0 Å². The standard InChI is InChI=1S/C27H28FN3O3/c1-3-4-15-29-26(33)18(2)30(16-20-9-5-6-13-22(20)28)24(32)17-31-23-14-8-11-19-10-7-12-21(25(19)23)27(31)34/h5-14,18H,3-4,15-17H2,1-2H3,(H,29,33)/t18-/m0/s1. The molecular weight excluding hydrogens is 433 g/mol. The Morgan fingerprint density at radius 1 is 1.06 bits per heavy atom. The van der Waals surface area contributed by atoms with Crippen molar-refractivity contribution < 1.29 is 18.8 Å². The number of halogens is 1. The van der Waals surface area contributed by atoms with Gasteiger partial charge in [-0.1, -0.05) is 55.8 Å². The number of hydrogen-bond donors (Lipinski definition) is 1. The highest BCUT2D eigenvalue weighted by atomic mass is 19.1. The Labute approximate surface area is 198 Å². The summed E-state index contributed by atoms with van der Waals surface area (Å²) in [6, 6.07) is 16.4. The summed E-state index contributed by atoms with van der Waals surface area (Å²) < 4.78 is 14.4. The maximum absolute atomic E-state index is 14.4. The summed E-state index contributed by atoms with van der Waals surface area (Å²) in [5.74, 6) is -1.45. The number of hydrogen-bond acceptors (Lipinski definition) is 3. The van der Waals surface area contributed by atoms with Gasteiger partial charge in [-0.05, 0) is 36.9 Å². The van der Waals surface area contributed by atoms with E-state index in [1.54, 1.807) is 31.2 Å². The maximum Gasteiger partial charge on any atom is 0.259 e. The number of nitrogens with zero attached hydrogens (tertiary/aromatic N) is 2. The van der Waals surface area contributed by atoms with Crippen molar-refractivity contribution in [1.29, 1.82) is 0 Å². The van der Waals surface area contributed by atoms with E-state index in [1.807, 2.05) is 37.3 Å². The molecule has 0 unspecified atom stereocenters. The molecule has 0 saturated heterocycles. The fourth-order valence-electron chi connectivity index (χ4n) is 4.29. The van der Waals surface area contributed by atoms with Gasteiger partial charge in [0.15, 0.2) is 0 Å². The molecular formula is C27H28FN3O3. The number of rotatable bonds is 9. The van der Waals surface area contributed by atoms with Crippen molar-refractivity contribution in [3.8, 4) is 0 Å². The third-order valence-electron chi connectivity index (χ3n) is 6.24. The molecule has 4 rings (SSSR count). The van der Waals surface area contributed by atoms with Crippen LogP contribution in [0.5, 0.6) is 0 Å². The molecule has 0 aromatic heterocycles. The van der Waals surface area contributed by atoms with E-state index in [-0.39, 0.29) is 24.9 Å². The fourth-order valence-corrected chi connectivity index (χ4v) is 4.29. The molecule has 0 fully saturated rings. The third kappa shape index (κ3) is 4.51. The number of benzene rings is 3. The lowest BCUT2D eigenvalue weighted by Gasteiger charge is -2.30. The highest BCUT2D eigenvalue weighted by Crippen LogP contribution is 2.37. The lowest BCUT2D eigenvalue weighted by Crippen LogP contribution is -2.51. The van der Waals surface area contributed by atoms with E-state index in [0.717, 1.165) is 23.6 Å². The molecule has 0 bridgehead atoms. The van der Waals surface area contributed by atoms with Crippen LogP contribution in [0.15, 0.2) is 60.7 Å². The second-order valence-corrected chi connectivity index (χ2v) is 8.51. The Balaban J connectivity index is 1.60. The van der Waals surface area contributed by atoms with Gasteiger partial charge in [-0.25, -0.2) is 4.39 Å². The number of unbranched alkanes of at least 4 members (excludes halogenated alkanes) is 1. The molecule has 1 N–H and O–H groups in total. The van der Waals surface area contributed by atoms with Crippen LogP contribution in [0.1, 0.15) is 42.6 Å². The normalized spacial score (nSPS) is 13.3. The number of carbonyl (C=O) groups excluding carboxylic acids is 3. The Morgan fingerprint density at radius 2 is 1.79 bits per heavy atom. The van der Waals surface area contributed by atoms with Crippen LogP contribution in [0.2, 0.25) is 0 Å². The molecule has 6 nitrogen and oxygen atoms in total. The SMILES string of the molecule is CCCCNC(=O)[C@H](C)N(Cc1ccccc1F)C(=O)CN1C(=O)c2cccc3cccc1c23. The Morgan fingerprint density at radius 3 is 2.53 bits per heavy atom. The van der Waals surface area contributed by atoms with Crippen LogP contribution in [0.3, 0.4) is 0 Å². The molecule has 7 heteroatoms. The molecule has 0 radical (unpaired) electrons. The van der Waals surface area contributed by atoms with Gasteiger partial charge in [0.05, 0.1) is 5.69 Å². The molecule has 3 amide bonds. The minimum absolute atomic E-state index is 0.0763. The summed E-state index contributed by atoms with van der Waals surface area (Å²) in [6.07, 6.45) is 1.75. The molecule has 176 valence electrons. The molecule has 0 spiro atoms. The van der Waals surface area contributed by atoms with Gasteiger partial charge in [0.1, 0.15) is 18.4 Å². The van der Waals surface area contributed by atoms with Gasteiger partial charge in [0.2, 0.25) is 11.8 Å². The first kappa shape index (κ1) is 23.4. The summed E-state index contributed by atoms with van der Waals surface area (Å²) in [4.78, 5) is 42.3. The van der Waals surface area contributed by atoms with E-state index >= 15 is 0 Å². The van der Waals surface area contributed by atoms with Crippen molar-refractivity contribution in [3.05, 3.63) is 77.6 Å². The first-order valence-electron chi connectivity index (χ1n) is 11.6. The van der Waals surface area contributed by atoms with Crippen molar-refractivity contribution >= 4 is 34.2 Å². The molecule has 1 heterocycles. The van der Waals surface area contributed by atoms with Crippen molar-refractivity contribution in [2.45, 2.75) is 39.3 Å². The van der Waals surface area contributed by atoms with E-state index < -0.39 is 17.8 Å². The highest BCUT2D eigenvalue weighted by molar-refractivity contribution is 6.26. The summed E-state index contributed by atoms with van der Waals surface area (Å²) in [5, 5.41) is 4.58. The first-order chi connectivity index (χ1) is 16.4. The highest BCUT2D eigenvalue weighted by Gasteiger charge is 2.34. The van der Waals surface area contributed by atoms with E-state index in [1.165, 1.54) is 15.9 Å². The van der Waals surface area contributed by atoms with E-state index in [2.05, 4.69) is 5.32 Å². The van der Waals surface area contributed by atoms with Gasteiger partial charge in [0, 0.05) is 29.6 Å². The quantitative estimate of drug-likeness (QED) is 0.484. The monoisotopic (exact) mass is 461 g/mol. The second-order valence-electron chi connectivity index (χ2n) is 8.51. The van der Waals surface area contributed by atoms with Gasteiger partial charge in [0.25, 0.3) is 5.91 Å². The smallest absolute Gasteiger partial charge is 0.259 e. The van der Waals surface area contributed by atoms with Crippen molar-refractivity contribution in [1.82, 2.24) is 10.2 Å². The van der Waals surface area contributed by atoms with Crippen LogP contribution in [-0.2, 0) is 16.1 Å². The van der Waals surface area contributed by atoms with Gasteiger partial charge in [-0.15, -0.1) is 0 Å². The van der Waals surface area contributed by atoms with Crippen molar-refractivity contribution in [2.24, 2.45) is 0 Å². The Hall–Kier alpha value is -3.74. The predicted molar refractivity (Wildman–Crippen MR) is 130 cm³/mol. The molecule has 1 aliphatic rings. The zero-order valence-corrected chi connectivity index (χ0v) is 19.4. The summed E-state index contributed by atoms with van der Waals surface area (Å²) >= 11 is 0. The van der Waals surface area contributed by atoms with Gasteiger partial charge in [-0.3, -0.25) is 19.3 Å². The topological polar surface area (TPSA) is 69.7 Å². The van der Waals surface area contributed by atoms with Crippen LogP contribution in [0.25, 0.3) is 10.8 Å². The second kappa shape index (κ2) is 10.0. The largest absolute Gasteiger partial charge is 0.354 e. The van der Waals surface area contributed by atoms with Crippen LogP contribution < -0.4 is 10.2 Å². The first-order valence-corrected chi connectivity index (χ1v) is 11.6. The molecule has 3 aromatic carbocycles. The minimum Gasteiger partial charge on any atom is -0.354 e. The average Bonchev–Trinajstić information content (AvgIpc) is 3.11. The van der Waals surface area contributed by atoms with Crippen LogP contribution >= 0.6 is 0 Å². The predicted octanol–water partition coefficient (Wildman–Crippen LogP) is 4.27. The average molecular weight is 462 g/mol. The molecule has 3 aromatic rings.